The molecule has 2 bridgehead atoms. The van der Waals surface area contributed by atoms with Crippen molar-refractivity contribution < 1.29 is 27.8 Å². The number of hydrogen-bond donors (Lipinski definition) is 1. The van der Waals surface area contributed by atoms with Gasteiger partial charge in [-0.3, -0.25) is 9.78 Å². The molecular weight excluding hydrogens is 455 g/mol. The largest absolute Gasteiger partial charge is 0.490 e. The fourth-order valence-electron chi connectivity index (χ4n) is 7.00. The number of ether oxygens (including phenoxy) is 1. The van der Waals surface area contributed by atoms with Crippen LogP contribution in [0.4, 0.5) is 13.2 Å². The Morgan fingerprint density at radius 2 is 1.71 bits per heavy atom. The van der Waals surface area contributed by atoms with Gasteiger partial charge in [0, 0.05) is 11.1 Å². The van der Waals surface area contributed by atoms with Gasteiger partial charge in [-0.05, 0) is 99.7 Å². The van der Waals surface area contributed by atoms with Gasteiger partial charge >= 0.3 is 12.1 Å². The topological polar surface area (TPSA) is 59.4 Å². The highest BCUT2D eigenvalue weighted by molar-refractivity contribution is 5.85. The third-order valence-electron chi connectivity index (χ3n) is 8.93. The molecule has 1 heterocycles. The Morgan fingerprint density at radius 1 is 1.03 bits per heavy atom. The Balaban J connectivity index is 1.37. The SMILES string of the molecule is CCC1CCC(Oc2ccc3nc(CC4C5CCC4CC(C(=O)O)C5)ccc3c2C(F)(F)F)CC1. The zero-order valence-electron chi connectivity index (χ0n) is 20.2. The molecule has 4 nitrogen and oxygen atoms in total. The lowest BCUT2D eigenvalue weighted by molar-refractivity contribution is -0.144. The van der Waals surface area contributed by atoms with Gasteiger partial charge in [-0.1, -0.05) is 19.4 Å². The molecule has 0 radical (unpaired) electrons. The zero-order chi connectivity index (χ0) is 24.7. The predicted molar refractivity (Wildman–Crippen MR) is 127 cm³/mol. The number of carbonyl (C=O) groups is 1. The molecule has 1 aromatic heterocycles. The smallest absolute Gasteiger partial charge is 0.420 e. The molecule has 0 aliphatic heterocycles. The molecule has 1 aromatic carbocycles. The first-order valence-corrected chi connectivity index (χ1v) is 13.1. The molecule has 1 N–H and O–H groups in total. The average Bonchev–Trinajstić information content (AvgIpc) is 3.04. The van der Waals surface area contributed by atoms with Gasteiger partial charge in [-0.15, -0.1) is 0 Å². The number of aliphatic carboxylic acids is 1. The minimum absolute atomic E-state index is 0.0820. The van der Waals surface area contributed by atoms with Crippen LogP contribution in [0.1, 0.15) is 76.0 Å². The zero-order valence-corrected chi connectivity index (χ0v) is 20.2. The molecule has 2 unspecified atom stereocenters. The van der Waals surface area contributed by atoms with Crippen molar-refractivity contribution in [1.82, 2.24) is 4.98 Å². The van der Waals surface area contributed by atoms with E-state index in [4.69, 9.17) is 4.74 Å². The summed E-state index contributed by atoms with van der Waals surface area (Å²) in [7, 11) is 0. The van der Waals surface area contributed by atoms with E-state index < -0.39 is 17.7 Å². The van der Waals surface area contributed by atoms with Gasteiger partial charge in [-0.25, -0.2) is 0 Å². The van der Waals surface area contributed by atoms with Crippen LogP contribution in [0.25, 0.3) is 10.9 Å². The maximum absolute atomic E-state index is 14.2. The van der Waals surface area contributed by atoms with E-state index in [1.807, 2.05) is 0 Å². The summed E-state index contributed by atoms with van der Waals surface area (Å²) in [5.41, 5.74) is 0.394. The lowest BCUT2D eigenvalue weighted by Gasteiger charge is -2.33. The van der Waals surface area contributed by atoms with Crippen LogP contribution in [0.3, 0.4) is 0 Å². The summed E-state index contributed by atoms with van der Waals surface area (Å²) >= 11 is 0. The van der Waals surface area contributed by atoms with E-state index in [0.29, 0.717) is 48.5 Å². The Morgan fingerprint density at radius 3 is 2.31 bits per heavy atom. The van der Waals surface area contributed by atoms with Gasteiger partial charge < -0.3 is 9.84 Å². The molecule has 3 aliphatic carbocycles. The van der Waals surface area contributed by atoms with E-state index in [1.165, 1.54) is 6.07 Å². The Kier molecular flexibility index (Phi) is 6.71. The van der Waals surface area contributed by atoms with E-state index in [0.717, 1.165) is 50.6 Å². The van der Waals surface area contributed by atoms with Gasteiger partial charge in [0.25, 0.3) is 0 Å². The molecular formula is C28H34F3NO3. The molecule has 0 amide bonds. The number of fused-ring (bicyclic) bond motifs is 3. The third-order valence-corrected chi connectivity index (χ3v) is 8.93. The molecule has 3 aliphatic rings. The van der Waals surface area contributed by atoms with Crippen molar-refractivity contribution in [3.63, 3.8) is 0 Å². The lowest BCUT2D eigenvalue weighted by Crippen LogP contribution is -2.31. The van der Waals surface area contributed by atoms with E-state index in [2.05, 4.69) is 11.9 Å². The fourth-order valence-corrected chi connectivity index (χ4v) is 7.00. The maximum Gasteiger partial charge on any atom is 0.420 e. The van der Waals surface area contributed by atoms with Crippen LogP contribution in [0, 0.1) is 29.6 Å². The summed E-state index contributed by atoms with van der Waals surface area (Å²) in [6.07, 6.45) is 4.12. The highest BCUT2D eigenvalue weighted by Crippen LogP contribution is 2.50. The van der Waals surface area contributed by atoms with Crippen molar-refractivity contribution in [3.05, 3.63) is 35.5 Å². The lowest BCUT2D eigenvalue weighted by atomic mass is 9.71. The van der Waals surface area contributed by atoms with Crippen molar-refractivity contribution in [3.8, 4) is 5.75 Å². The Bertz CT molecular complexity index is 1060. The number of pyridine rings is 1. The van der Waals surface area contributed by atoms with Gasteiger partial charge in [0.1, 0.15) is 11.3 Å². The monoisotopic (exact) mass is 489 g/mol. The number of alkyl halides is 3. The van der Waals surface area contributed by atoms with Crippen LogP contribution >= 0.6 is 0 Å². The number of carboxylic acids is 1. The number of carboxylic acid groups (broad SMARTS) is 1. The summed E-state index contributed by atoms with van der Waals surface area (Å²) in [5.74, 6) is 0.653. The van der Waals surface area contributed by atoms with Gasteiger partial charge in [0.2, 0.25) is 0 Å². The van der Waals surface area contributed by atoms with Crippen molar-refractivity contribution in [2.45, 2.75) is 83.4 Å². The number of hydrogen-bond acceptors (Lipinski definition) is 3. The summed E-state index contributed by atoms with van der Waals surface area (Å²) in [4.78, 5) is 16.1. The average molecular weight is 490 g/mol. The number of aromatic nitrogens is 1. The molecule has 5 rings (SSSR count). The number of halogens is 3. The molecule has 0 saturated heterocycles. The first-order valence-electron chi connectivity index (χ1n) is 13.1. The molecule has 2 aromatic rings. The molecule has 0 spiro atoms. The van der Waals surface area contributed by atoms with Crippen LogP contribution in [0.5, 0.6) is 5.75 Å². The van der Waals surface area contributed by atoms with Gasteiger partial charge in [0.15, 0.2) is 0 Å². The predicted octanol–water partition coefficient (Wildman–Crippen LogP) is 7.28. The van der Waals surface area contributed by atoms with Crippen LogP contribution in [0.2, 0.25) is 0 Å². The standard InChI is InChI=1S/C28H34F3NO3/c1-2-16-3-8-21(9-4-16)35-25-12-11-24-22(26(25)28(29,30)31)10-7-20(32-24)15-23-17-5-6-18(23)14-19(13-17)27(33)34/h7,10-12,16-19,21,23H,2-6,8-9,13-15H2,1H3,(H,33,34). The summed E-state index contributed by atoms with van der Waals surface area (Å²) in [5, 5.41) is 9.50. The van der Waals surface area contributed by atoms with E-state index >= 15 is 0 Å². The van der Waals surface area contributed by atoms with Crippen LogP contribution in [-0.4, -0.2) is 22.2 Å². The molecule has 7 heteroatoms. The molecule has 2 atom stereocenters. The molecule has 35 heavy (non-hydrogen) atoms. The first kappa shape index (κ1) is 24.4. The summed E-state index contributed by atoms with van der Waals surface area (Å²) in [6, 6.07) is 6.36. The summed E-state index contributed by atoms with van der Waals surface area (Å²) in [6.45, 7) is 2.16. The highest BCUT2D eigenvalue weighted by atomic mass is 19.4. The molecule has 3 fully saturated rings. The van der Waals surface area contributed by atoms with Gasteiger partial charge in [0.05, 0.1) is 17.5 Å². The number of rotatable bonds is 6. The van der Waals surface area contributed by atoms with Crippen LogP contribution in [0.15, 0.2) is 24.3 Å². The highest BCUT2D eigenvalue weighted by Gasteiger charge is 2.44. The molecule has 3 saturated carbocycles. The van der Waals surface area contributed by atoms with E-state index in [-0.39, 0.29) is 23.2 Å². The summed E-state index contributed by atoms with van der Waals surface area (Å²) < 4.78 is 48.5. The minimum Gasteiger partial charge on any atom is -0.490 e. The van der Waals surface area contributed by atoms with Crippen LogP contribution < -0.4 is 4.74 Å². The van der Waals surface area contributed by atoms with Crippen molar-refractivity contribution >= 4 is 16.9 Å². The van der Waals surface area contributed by atoms with Crippen molar-refractivity contribution in [1.29, 1.82) is 0 Å². The normalized spacial score (nSPS) is 31.0. The van der Waals surface area contributed by atoms with Crippen molar-refractivity contribution in [2.24, 2.45) is 29.6 Å². The van der Waals surface area contributed by atoms with E-state index in [1.54, 1.807) is 18.2 Å². The minimum atomic E-state index is -4.53. The van der Waals surface area contributed by atoms with Crippen LogP contribution in [-0.2, 0) is 17.4 Å². The maximum atomic E-state index is 14.2. The number of benzene rings is 1. The van der Waals surface area contributed by atoms with Crippen molar-refractivity contribution in [2.75, 3.05) is 0 Å². The fraction of sp³-hybridized carbons (Fsp3) is 0.643. The van der Waals surface area contributed by atoms with E-state index in [9.17, 15) is 23.1 Å². The first-order chi connectivity index (χ1) is 16.7. The Hall–Kier alpha value is -2.31. The second-order valence-electron chi connectivity index (χ2n) is 10.9. The van der Waals surface area contributed by atoms with Gasteiger partial charge in [-0.2, -0.15) is 13.2 Å². The Labute approximate surface area is 204 Å². The number of nitrogens with zero attached hydrogens (tertiary/aromatic N) is 1. The third kappa shape index (κ3) is 5.01. The second-order valence-corrected chi connectivity index (χ2v) is 10.9. The quantitative estimate of drug-likeness (QED) is 0.463. The molecule has 190 valence electrons. The second kappa shape index (κ2) is 9.62.